The van der Waals surface area contributed by atoms with Gasteiger partial charge in [0.1, 0.15) is 29.2 Å². The Morgan fingerprint density at radius 1 is 1.16 bits per heavy atom. The monoisotopic (exact) mass is 653 g/mol. The predicted molar refractivity (Wildman–Crippen MR) is 166 cm³/mol. The first-order chi connectivity index (χ1) is 21.7. The number of aromatic nitrogens is 6. The van der Waals surface area contributed by atoms with Gasteiger partial charge in [0.25, 0.3) is 0 Å². The third kappa shape index (κ3) is 7.66. The number of likely N-dealkylation sites (tertiary alicyclic amines) is 1. The maximum Gasteiger partial charge on any atom is 0.411 e. The lowest BCUT2D eigenvalue weighted by atomic mass is 10.1. The van der Waals surface area contributed by atoms with E-state index in [4.69, 9.17) is 27.9 Å². The van der Waals surface area contributed by atoms with E-state index in [1.54, 1.807) is 60.6 Å². The number of hydrogen-bond donors (Lipinski definition) is 3. The molecule has 1 saturated heterocycles. The molecule has 1 fully saturated rings. The number of ether oxygens (including phenoxy) is 2. The number of methoxy groups -OCH3 is 2. The van der Waals surface area contributed by atoms with Crippen LogP contribution in [-0.2, 0) is 19.1 Å². The van der Waals surface area contributed by atoms with Crippen LogP contribution in [0.3, 0.4) is 0 Å². The molecule has 3 amide bonds. The van der Waals surface area contributed by atoms with E-state index in [2.05, 4.69) is 40.9 Å². The number of amides is 3. The van der Waals surface area contributed by atoms with E-state index in [0.717, 1.165) is 12.8 Å². The Kier molecular flexibility index (Phi) is 10.1. The number of halogens is 2. The van der Waals surface area contributed by atoms with Crippen molar-refractivity contribution in [3.63, 3.8) is 0 Å². The second-order valence-electron chi connectivity index (χ2n) is 9.95. The van der Waals surface area contributed by atoms with E-state index >= 15 is 0 Å². The fourth-order valence-corrected chi connectivity index (χ4v) is 5.33. The van der Waals surface area contributed by atoms with E-state index in [-0.39, 0.29) is 29.5 Å². The lowest BCUT2D eigenvalue weighted by molar-refractivity contribution is -0.140. The van der Waals surface area contributed by atoms with E-state index in [1.807, 2.05) is 0 Å². The maximum absolute atomic E-state index is 13.4. The molecule has 234 valence electrons. The number of aromatic amines is 1. The lowest BCUT2D eigenvalue weighted by Gasteiger charge is -2.25. The van der Waals surface area contributed by atoms with Gasteiger partial charge in [-0.15, -0.1) is 5.10 Å². The summed E-state index contributed by atoms with van der Waals surface area (Å²) in [6.45, 7) is 0.544. The summed E-state index contributed by atoms with van der Waals surface area (Å²) in [7, 11) is 2.83. The second-order valence-corrected chi connectivity index (χ2v) is 10.8. The van der Waals surface area contributed by atoms with Gasteiger partial charge in [0.2, 0.25) is 11.8 Å². The number of nitrogens with zero attached hydrogens (tertiary/aromatic N) is 6. The number of imidazole rings is 1. The molecule has 1 aliphatic rings. The predicted octanol–water partition coefficient (Wildman–Crippen LogP) is 4.39. The van der Waals surface area contributed by atoms with E-state index < -0.39 is 18.0 Å². The molecule has 45 heavy (non-hydrogen) atoms. The molecule has 3 N–H and O–H groups in total. The van der Waals surface area contributed by atoms with Crippen LogP contribution >= 0.6 is 23.2 Å². The van der Waals surface area contributed by atoms with Crippen LogP contribution in [0.2, 0.25) is 10.2 Å². The Morgan fingerprint density at radius 2 is 1.96 bits per heavy atom. The summed E-state index contributed by atoms with van der Waals surface area (Å²) < 4.78 is 11.5. The van der Waals surface area contributed by atoms with Gasteiger partial charge in [-0.25, -0.2) is 9.78 Å². The van der Waals surface area contributed by atoms with Crippen molar-refractivity contribution >= 4 is 52.9 Å². The average molecular weight is 655 g/mol. The molecule has 4 aromatic rings. The molecule has 1 aliphatic heterocycles. The zero-order valence-electron chi connectivity index (χ0n) is 24.2. The van der Waals surface area contributed by atoms with Gasteiger partial charge in [0.05, 0.1) is 25.3 Å². The summed E-state index contributed by atoms with van der Waals surface area (Å²) in [5.41, 5.74) is 2.76. The van der Waals surface area contributed by atoms with E-state index in [9.17, 15) is 14.4 Å². The maximum atomic E-state index is 13.4. The van der Waals surface area contributed by atoms with Gasteiger partial charge in [-0.2, -0.15) is 4.68 Å². The van der Waals surface area contributed by atoms with Crippen molar-refractivity contribution in [1.82, 2.24) is 40.4 Å². The SMILES string of the molecule is COC(=O)Nc1ccc(-c2nc([C@H](CC(=O)N3CCC[C@H]3OC)NC(=O)C=Cc3cc(Cl)ccc3-n3cnnn3)[nH]c2Cl)cc1. The molecule has 0 radical (unpaired) electrons. The average Bonchev–Trinajstić information content (AvgIpc) is 3.82. The molecular weight excluding hydrogens is 625 g/mol. The molecule has 2 aromatic carbocycles. The van der Waals surface area contributed by atoms with Crippen molar-refractivity contribution in [2.45, 2.75) is 31.5 Å². The Morgan fingerprint density at radius 3 is 2.67 bits per heavy atom. The third-order valence-electron chi connectivity index (χ3n) is 7.08. The van der Waals surface area contributed by atoms with Gasteiger partial charge in [-0.1, -0.05) is 35.3 Å². The summed E-state index contributed by atoms with van der Waals surface area (Å²) in [4.78, 5) is 47.5. The normalized spacial score (nSPS) is 15.3. The number of nitrogens with one attached hydrogen (secondary N) is 3. The minimum absolute atomic E-state index is 0.0995. The van der Waals surface area contributed by atoms with Gasteiger partial charge in [-0.05, 0) is 59.7 Å². The molecule has 2 aromatic heterocycles. The highest BCUT2D eigenvalue weighted by atomic mass is 35.5. The number of H-pyrrole nitrogens is 1. The van der Waals surface area contributed by atoms with Crippen molar-refractivity contribution < 1.29 is 23.9 Å². The number of carbonyl (C=O) groups is 3. The van der Waals surface area contributed by atoms with E-state index in [0.29, 0.717) is 39.8 Å². The molecule has 2 atom stereocenters. The molecule has 0 bridgehead atoms. The van der Waals surface area contributed by atoms with Gasteiger partial charge in [0.15, 0.2) is 0 Å². The molecule has 0 saturated carbocycles. The van der Waals surface area contributed by atoms with Crippen LogP contribution in [0, 0.1) is 0 Å². The van der Waals surface area contributed by atoms with Crippen LogP contribution in [0.1, 0.15) is 36.7 Å². The van der Waals surface area contributed by atoms with Gasteiger partial charge in [0, 0.05) is 41.6 Å². The zero-order chi connectivity index (χ0) is 31.9. The Labute approximate surface area is 267 Å². The topological polar surface area (TPSA) is 169 Å². The van der Waals surface area contributed by atoms with Crippen LogP contribution in [0.4, 0.5) is 10.5 Å². The second kappa shape index (κ2) is 14.3. The number of tetrazole rings is 1. The lowest BCUT2D eigenvalue weighted by Crippen LogP contribution is -2.39. The van der Waals surface area contributed by atoms with Gasteiger partial charge < -0.3 is 24.7 Å². The van der Waals surface area contributed by atoms with Gasteiger partial charge in [-0.3, -0.25) is 14.9 Å². The molecule has 3 heterocycles. The quantitative estimate of drug-likeness (QED) is 0.210. The molecular formula is C29H29Cl2N9O5. The summed E-state index contributed by atoms with van der Waals surface area (Å²) >= 11 is 12.8. The minimum atomic E-state index is -0.863. The fraction of sp³-hybridized carbons (Fsp3) is 0.276. The first-order valence-corrected chi connectivity index (χ1v) is 14.6. The number of rotatable bonds is 10. The van der Waals surface area contributed by atoms with Crippen LogP contribution < -0.4 is 10.6 Å². The van der Waals surface area contributed by atoms with Crippen LogP contribution in [-0.4, -0.2) is 80.0 Å². The Balaban J connectivity index is 1.40. The first kappa shape index (κ1) is 31.6. The van der Waals surface area contributed by atoms with Crippen molar-refractivity contribution in [3.8, 4) is 16.9 Å². The highest BCUT2D eigenvalue weighted by Gasteiger charge is 2.32. The zero-order valence-corrected chi connectivity index (χ0v) is 25.7. The standard InChI is InChI=1S/C29H29Cl2N9O5/c1-44-25-4-3-13-39(25)24(42)15-21(28-35-26(27(31)36-28)17-5-9-20(10-6-17)33-29(43)45-2)34-23(41)12-7-18-14-19(30)8-11-22(18)40-16-32-37-38-40/h5-12,14,16,21,25H,3-4,13,15H2,1-2H3,(H,33,43)(H,34,41)(H,35,36)/t21-,25+/m0/s1. The summed E-state index contributed by atoms with van der Waals surface area (Å²) in [5.74, 6) is -0.420. The summed E-state index contributed by atoms with van der Waals surface area (Å²) in [6.07, 6.45) is 4.82. The van der Waals surface area contributed by atoms with Crippen LogP contribution in [0.15, 0.2) is 54.9 Å². The third-order valence-corrected chi connectivity index (χ3v) is 7.59. The molecule has 5 rings (SSSR count). The largest absolute Gasteiger partial charge is 0.453 e. The molecule has 0 unspecified atom stereocenters. The smallest absolute Gasteiger partial charge is 0.411 e. The fourth-order valence-electron chi connectivity index (χ4n) is 4.90. The van der Waals surface area contributed by atoms with Crippen molar-refractivity contribution in [1.29, 1.82) is 0 Å². The summed E-state index contributed by atoms with van der Waals surface area (Å²) in [5, 5.41) is 17.4. The first-order valence-electron chi connectivity index (χ1n) is 13.8. The number of anilines is 1. The minimum Gasteiger partial charge on any atom is -0.453 e. The highest BCUT2D eigenvalue weighted by molar-refractivity contribution is 6.32. The van der Waals surface area contributed by atoms with Crippen molar-refractivity contribution in [3.05, 3.63) is 76.4 Å². The molecule has 14 nitrogen and oxygen atoms in total. The van der Waals surface area contributed by atoms with Crippen LogP contribution in [0.25, 0.3) is 23.0 Å². The number of benzene rings is 2. The van der Waals surface area contributed by atoms with Crippen molar-refractivity contribution in [2.75, 3.05) is 26.1 Å². The molecule has 16 heteroatoms. The highest BCUT2D eigenvalue weighted by Crippen LogP contribution is 2.30. The molecule has 0 spiro atoms. The van der Waals surface area contributed by atoms with Gasteiger partial charge >= 0.3 is 6.09 Å². The van der Waals surface area contributed by atoms with Crippen LogP contribution in [0.5, 0.6) is 0 Å². The number of carbonyl (C=O) groups excluding carboxylic acids is 3. The Bertz CT molecular complexity index is 1690. The Hall–Kier alpha value is -4.79. The van der Waals surface area contributed by atoms with Crippen molar-refractivity contribution in [2.24, 2.45) is 0 Å². The summed E-state index contributed by atoms with van der Waals surface area (Å²) in [6, 6.07) is 11.0. The molecule has 0 aliphatic carbocycles. The van der Waals surface area contributed by atoms with E-state index in [1.165, 1.54) is 24.2 Å². The number of hydrogen-bond acceptors (Lipinski definition) is 9.